The summed E-state index contributed by atoms with van der Waals surface area (Å²) in [5.74, 6) is 0. The van der Waals surface area contributed by atoms with Crippen molar-refractivity contribution < 1.29 is 4.92 Å². The number of fused-ring (bicyclic) bond motifs is 1. The van der Waals surface area contributed by atoms with Gasteiger partial charge in [0, 0.05) is 33.5 Å². The van der Waals surface area contributed by atoms with Crippen molar-refractivity contribution in [3.63, 3.8) is 0 Å². The predicted octanol–water partition coefficient (Wildman–Crippen LogP) is 2.64. The minimum Gasteiger partial charge on any atom is -0.361 e. The smallest absolute Gasteiger partial charge is 0.207 e. The second-order valence-electron chi connectivity index (χ2n) is 3.31. The van der Waals surface area contributed by atoms with E-state index in [2.05, 4.69) is 4.98 Å². The van der Waals surface area contributed by atoms with Crippen molar-refractivity contribution >= 4 is 22.5 Å². The third kappa shape index (κ3) is 2.10. The molecule has 2 aromatic rings. The molecular weight excluding hydrogens is 216 g/mol. The van der Waals surface area contributed by atoms with Gasteiger partial charge in [-0.15, -0.1) is 0 Å². The molecule has 0 radical (unpaired) electrons. The lowest BCUT2D eigenvalue weighted by Crippen LogP contribution is -2.03. The van der Waals surface area contributed by atoms with Gasteiger partial charge >= 0.3 is 0 Å². The molecule has 0 fully saturated rings. The fourth-order valence-corrected chi connectivity index (χ4v) is 1.74. The molecule has 4 nitrogen and oxygen atoms in total. The number of nitrogens with zero attached hydrogens (tertiary/aromatic N) is 1. The zero-order chi connectivity index (χ0) is 10.8. The van der Waals surface area contributed by atoms with Gasteiger partial charge in [0.15, 0.2) is 0 Å². The Balaban J connectivity index is 2.35. The third-order valence-electron chi connectivity index (χ3n) is 2.29. The summed E-state index contributed by atoms with van der Waals surface area (Å²) in [5, 5.41) is 11.9. The van der Waals surface area contributed by atoms with Crippen LogP contribution in [0.1, 0.15) is 5.56 Å². The van der Waals surface area contributed by atoms with Gasteiger partial charge in [0.1, 0.15) is 0 Å². The Kier molecular flexibility index (Phi) is 2.60. The van der Waals surface area contributed by atoms with Crippen LogP contribution in [0.25, 0.3) is 10.9 Å². The van der Waals surface area contributed by atoms with E-state index in [1.165, 1.54) is 0 Å². The van der Waals surface area contributed by atoms with Crippen molar-refractivity contribution in [2.45, 2.75) is 6.42 Å². The molecule has 1 aromatic carbocycles. The lowest BCUT2D eigenvalue weighted by Gasteiger charge is -1.95. The first-order valence-electron chi connectivity index (χ1n) is 4.54. The molecular formula is C10H9ClN2O2. The van der Waals surface area contributed by atoms with E-state index in [0.717, 1.165) is 16.5 Å². The normalized spacial score (nSPS) is 10.7. The van der Waals surface area contributed by atoms with Gasteiger partial charge in [0.05, 0.1) is 0 Å². The molecule has 0 spiro atoms. The Bertz CT molecular complexity index is 507. The summed E-state index contributed by atoms with van der Waals surface area (Å²) in [5.41, 5.74) is 1.89. The monoisotopic (exact) mass is 224 g/mol. The van der Waals surface area contributed by atoms with E-state index < -0.39 is 0 Å². The van der Waals surface area contributed by atoms with E-state index in [9.17, 15) is 10.1 Å². The summed E-state index contributed by atoms with van der Waals surface area (Å²) in [6.07, 6.45) is 2.22. The van der Waals surface area contributed by atoms with Crippen molar-refractivity contribution in [3.05, 3.63) is 45.1 Å². The van der Waals surface area contributed by atoms with Gasteiger partial charge in [-0.25, -0.2) is 0 Å². The van der Waals surface area contributed by atoms with Crippen molar-refractivity contribution in [1.29, 1.82) is 0 Å². The number of hydrogen-bond donors (Lipinski definition) is 1. The zero-order valence-corrected chi connectivity index (χ0v) is 8.62. The molecule has 0 saturated carbocycles. The second-order valence-corrected chi connectivity index (χ2v) is 3.75. The van der Waals surface area contributed by atoms with Crippen molar-refractivity contribution in [2.24, 2.45) is 0 Å². The molecule has 0 aliphatic rings. The molecule has 0 bridgehead atoms. The molecule has 0 aliphatic heterocycles. The molecule has 0 amide bonds. The number of nitrogens with one attached hydrogen (secondary N) is 1. The lowest BCUT2D eigenvalue weighted by molar-refractivity contribution is -0.479. The highest BCUT2D eigenvalue weighted by atomic mass is 35.5. The first kappa shape index (κ1) is 9.98. The fourth-order valence-electron chi connectivity index (χ4n) is 1.57. The van der Waals surface area contributed by atoms with E-state index in [4.69, 9.17) is 11.6 Å². The molecule has 5 heteroatoms. The SMILES string of the molecule is O=[N+]([O-])CCc1c[nH]c2ccc(Cl)cc12. The van der Waals surface area contributed by atoms with Gasteiger partial charge in [-0.1, -0.05) is 11.6 Å². The number of benzene rings is 1. The summed E-state index contributed by atoms with van der Waals surface area (Å²) in [6.45, 7) is -0.0561. The fraction of sp³-hybridized carbons (Fsp3) is 0.200. The molecule has 0 aliphatic carbocycles. The number of halogens is 1. The quantitative estimate of drug-likeness (QED) is 0.644. The van der Waals surface area contributed by atoms with Gasteiger partial charge in [0.25, 0.3) is 0 Å². The number of hydrogen-bond acceptors (Lipinski definition) is 2. The first-order valence-corrected chi connectivity index (χ1v) is 4.92. The Morgan fingerprint density at radius 3 is 3.00 bits per heavy atom. The highest BCUT2D eigenvalue weighted by Crippen LogP contribution is 2.22. The van der Waals surface area contributed by atoms with Crippen molar-refractivity contribution in [2.75, 3.05) is 6.54 Å². The third-order valence-corrected chi connectivity index (χ3v) is 2.53. The Morgan fingerprint density at radius 2 is 2.27 bits per heavy atom. The van der Waals surface area contributed by atoms with Crippen LogP contribution in [0.4, 0.5) is 0 Å². The highest BCUT2D eigenvalue weighted by molar-refractivity contribution is 6.31. The van der Waals surface area contributed by atoms with Gasteiger partial charge in [-0.05, 0) is 23.8 Å². The van der Waals surface area contributed by atoms with Crippen molar-refractivity contribution in [1.82, 2.24) is 4.98 Å². The first-order chi connectivity index (χ1) is 7.16. The summed E-state index contributed by atoms with van der Waals surface area (Å²) >= 11 is 5.86. The summed E-state index contributed by atoms with van der Waals surface area (Å²) in [7, 11) is 0. The van der Waals surface area contributed by atoms with Crippen LogP contribution >= 0.6 is 11.6 Å². The molecule has 0 unspecified atom stereocenters. The molecule has 1 heterocycles. The standard InChI is InChI=1S/C10H9ClN2O2/c11-8-1-2-10-9(5-8)7(6-12-10)3-4-13(14)15/h1-2,5-6,12H,3-4H2. The number of nitro groups is 1. The average Bonchev–Trinajstić information content (AvgIpc) is 2.57. The van der Waals surface area contributed by atoms with Gasteiger partial charge < -0.3 is 4.98 Å². The van der Waals surface area contributed by atoms with E-state index in [1.807, 2.05) is 12.1 Å². The van der Waals surface area contributed by atoms with Crippen molar-refractivity contribution in [3.8, 4) is 0 Å². The summed E-state index contributed by atoms with van der Waals surface area (Å²) in [6, 6.07) is 5.48. The van der Waals surface area contributed by atoms with Crippen LogP contribution in [0.3, 0.4) is 0 Å². The van der Waals surface area contributed by atoms with Crippen LogP contribution in [0.15, 0.2) is 24.4 Å². The average molecular weight is 225 g/mol. The topological polar surface area (TPSA) is 58.9 Å². The predicted molar refractivity (Wildman–Crippen MR) is 58.9 cm³/mol. The highest BCUT2D eigenvalue weighted by Gasteiger charge is 2.06. The van der Waals surface area contributed by atoms with E-state index in [-0.39, 0.29) is 11.5 Å². The molecule has 1 aromatic heterocycles. The molecule has 1 N–H and O–H groups in total. The summed E-state index contributed by atoms with van der Waals surface area (Å²) in [4.78, 5) is 13.0. The van der Waals surface area contributed by atoms with Crippen LogP contribution < -0.4 is 0 Å². The van der Waals surface area contributed by atoms with Crippen LogP contribution in [-0.4, -0.2) is 16.5 Å². The van der Waals surface area contributed by atoms with Crippen LogP contribution in [0.5, 0.6) is 0 Å². The number of aromatic nitrogens is 1. The van der Waals surface area contributed by atoms with Crippen LogP contribution in [-0.2, 0) is 6.42 Å². The Hall–Kier alpha value is -1.55. The molecule has 0 atom stereocenters. The zero-order valence-electron chi connectivity index (χ0n) is 7.87. The van der Waals surface area contributed by atoms with E-state index in [1.54, 1.807) is 12.3 Å². The maximum atomic E-state index is 10.3. The Labute approximate surface area is 91.0 Å². The van der Waals surface area contributed by atoms with Gasteiger partial charge in [-0.3, -0.25) is 10.1 Å². The lowest BCUT2D eigenvalue weighted by atomic mass is 10.1. The maximum absolute atomic E-state index is 10.3. The van der Waals surface area contributed by atoms with E-state index in [0.29, 0.717) is 11.4 Å². The molecule has 2 rings (SSSR count). The van der Waals surface area contributed by atoms with Crippen LogP contribution in [0.2, 0.25) is 5.02 Å². The number of H-pyrrole nitrogens is 1. The molecule has 15 heavy (non-hydrogen) atoms. The molecule has 78 valence electrons. The van der Waals surface area contributed by atoms with Crippen LogP contribution in [0, 0.1) is 10.1 Å². The minimum atomic E-state index is -0.316. The van der Waals surface area contributed by atoms with Gasteiger partial charge in [-0.2, -0.15) is 0 Å². The largest absolute Gasteiger partial charge is 0.361 e. The number of rotatable bonds is 3. The summed E-state index contributed by atoms with van der Waals surface area (Å²) < 4.78 is 0. The van der Waals surface area contributed by atoms with Gasteiger partial charge in [0.2, 0.25) is 6.54 Å². The number of aromatic amines is 1. The van der Waals surface area contributed by atoms with E-state index >= 15 is 0 Å². The maximum Gasteiger partial charge on any atom is 0.207 e. The minimum absolute atomic E-state index is 0.0561. The second kappa shape index (κ2) is 3.90. The molecule has 0 saturated heterocycles. The Morgan fingerprint density at radius 1 is 1.47 bits per heavy atom.